The zero-order valence-electron chi connectivity index (χ0n) is 12.4. The molecule has 0 bridgehead atoms. The minimum atomic E-state index is -4.95. The lowest BCUT2D eigenvalue weighted by atomic mass is 9.92. The van der Waals surface area contributed by atoms with Crippen LogP contribution >= 0.6 is 11.6 Å². The quantitative estimate of drug-likeness (QED) is 0.392. The average Bonchev–Trinajstić information content (AvgIpc) is 3.19. The molecule has 0 saturated heterocycles. The molecule has 1 aromatic carbocycles. The third-order valence-electron chi connectivity index (χ3n) is 2.85. The zero-order chi connectivity index (χ0) is 18.8. The van der Waals surface area contributed by atoms with Gasteiger partial charge in [0, 0.05) is 22.2 Å². The Labute approximate surface area is 142 Å². The van der Waals surface area contributed by atoms with Gasteiger partial charge >= 0.3 is 6.18 Å². The number of benzene rings is 1. The van der Waals surface area contributed by atoms with Gasteiger partial charge in [-0.05, 0) is 31.0 Å². The minimum Gasteiger partial charge on any atom is -0.398 e. The number of rotatable bonds is 1. The Hall–Kier alpha value is -1.47. The molecule has 1 aliphatic carbocycles. The molecule has 134 valence electrons. The summed E-state index contributed by atoms with van der Waals surface area (Å²) in [5.41, 5.74) is 1.49. The first kappa shape index (κ1) is 20.6. The first-order valence-corrected chi connectivity index (χ1v) is 8.76. The summed E-state index contributed by atoms with van der Waals surface area (Å²) in [5.74, 6) is 4.28. The number of nitrogens with two attached hydrogens (primary N) is 1. The maximum absolute atomic E-state index is 13.1. The molecule has 4 N–H and O–H groups in total. The fraction of sp³-hybridized carbons (Fsp3) is 0.429. The van der Waals surface area contributed by atoms with E-state index in [1.165, 1.54) is 12.1 Å². The third-order valence-corrected chi connectivity index (χ3v) is 3.09. The van der Waals surface area contributed by atoms with Crippen LogP contribution in [0.25, 0.3) is 0 Å². The molecule has 0 heterocycles. The molecule has 24 heavy (non-hydrogen) atoms. The van der Waals surface area contributed by atoms with Gasteiger partial charge in [0.25, 0.3) is 10.1 Å². The lowest BCUT2D eigenvalue weighted by molar-refractivity contribution is -0.240. The van der Waals surface area contributed by atoms with Crippen LogP contribution in [0.5, 0.6) is 0 Å². The monoisotopic (exact) mass is 385 g/mol. The molecule has 0 amide bonds. The van der Waals surface area contributed by atoms with Crippen LogP contribution in [0.4, 0.5) is 18.9 Å². The highest BCUT2D eigenvalue weighted by atomic mass is 35.5. The number of nitrogen functional groups attached to an aromatic ring is 1. The molecule has 0 radical (unpaired) electrons. The third kappa shape index (κ3) is 6.20. The number of alkyl halides is 3. The SMILES string of the molecule is CS(=O)(=O)O.Nc1ccc(Cl)cc1[C@@](O)(C#CC1CC1)C(F)(F)F. The molecule has 1 atom stereocenters. The van der Waals surface area contributed by atoms with Gasteiger partial charge in [0.15, 0.2) is 0 Å². The van der Waals surface area contributed by atoms with Crippen LogP contribution in [0.3, 0.4) is 0 Å². The normalized spacial score (nSPS) is 17.0. The summed E-state index contributed by atoms with van der Waals surface area (Å²) in [6.45, 7) is 0. The molecule has 0 aromatic heterocycles. The van der Waals surface area contributed by atoms with E-state index in [1.54, 1.807) is 0 Å². The Bertz CT molecular complexity index is 758. The summed E-state index contributed by atoms with van der Waals surface area (Å²) in [5, 5.41) is 10.0. The molecule has 5 nitrogen and oxygen atoms in total. The van der Waals surface area contributed by atoms with Crippen molar-refractivity contribution in [3.63, 3.8) is 0 Å². The Morgan fingerprint density at radius 3 is 2.25 bits per heavy atom. The highest BCUT2D eigenvalue weighted by Crippen LogP contribution is 2.42. The Kier molecular flexibility index (Phi) is 6.16. The van der Waals surface area contributed by atoms with E-state index in [4.69, 9.17) is 21.9 Å². The van der Waals surface area contributed by atoms with Crippen LogP contribution in [0.2, 0.25) is 5.02 Å². The standard InChI is InChI=1S/C13H11ClF3NO.CH4O3S/c14-9-3-4-11(18)10(7-9)12(19,13(15,16)17)6-5-8-1-2-8;1-5(2,3)4/h3-4,7-8,19H,1-2,18H2;1H3,(H,2,3,4)/t12-;/m0./s1. The highest BCUT2D eigenvalue weighted by Gasteiger charge is 2.55. The van der Waals surface area contributed by atoms with Gasteiger partial charge in [0.2, 0.25) is 5.60 Å². The van der Waals surface area contributed by atoms with Crippen LogP contribution in [-0.4, -0.2) is 30.5 Å². The smallest absolute Gasteiger partial charge is 0.398 e. The predicted octanol–water partition coefficient (Wildman–Crippen LogP) is 2.59. The summed E-state index contributed by atoms with van der Waals surface area (Å²) in [4.78, 5) is 0. The minimum absolute atomic E-state index is 0.0556. The van der Waals surface area contributed by atoms with Crippen LogP contribution in [0.1, 0.15) is 18.4 Å². The number of anilines is 1. The van der Waals surface area contributed by atoms with Crippen molar-refractivity contribution in [1.29, 1.82) is 0 Å². The molecule has 0 unspecified atom stereocenters. The van der Waals surface area contributed by atoms with E-state index < -0.39 is 27.5 Å². The summed E-state index contributed by atoms with van der Waals surface area (Å²) in [6, 6.07) is 3.56. The van der Waals surface area contributed by atoms with Crippen LogP contribution < -0.4 is 5.73 Å². The van der Waals surface area contributed by atoms with Crippen LogP contribution in [-0.2, 0) is 15.7 Å². The van der Waals surface area contributed by atoms with Gasteiger partial charge < -0.3 is 10.8 Å². The second kappa shape index (κ2) is 7.19. The van der Waals surface area contributed by atoms with Crippen molar-refractivity contribution in [3.8, 4) is 11.8 Å². The lowest BCUT2D eigenvalue weighted by Gasteiger charge is -2.27. The van der Waals surface area contributed by atoms with Crippen LogP contribution in [0, 0.1) is 17.8 Å². The highest BCUT2D eigenvalue weighted by molar-refractivity contribution is 7.85. The molecule has 2 rings (SSSR count). The lowest BCUT2D eigenvalue weighted by Crippen LogP contribution is -2.41. The fourth-order valence-corrected chi connectivity index (χ4v) is 1.74. The first-order valence-electron chi connectivity index (χ1n) is 6.54. The first-order chi connectivity index (χ1) is 10.7. The van der Waals surface area contributed by atoms with Crippen molar-refractivity contribution in [2.24, 2.45) is 5.92 Å². The Morgan fingerprint density at radius 2 is 1.83 bits per heavy atom. The van der Waals surface area contributed by atoms with Gasteiger partial charge in [-0.25, -0.2) is 0 Å². The molecule has 1 saturated carbocycles. The van der Waals surface area contributed by atoms with Crippen molar-refractivity contribution < 1.29 is 31.2 Å². The molecule has 1 aliphatic rings. The molecule has 0 spiro atoms. The van der Waals surface area contributed by atoms with Crippen molar-refractivity contribution in [1.82, 2.24) is 0 Å². The van der Waals surface area contributed by atoms with Crippen molar-refractivity contribution in [2.75, 3.05) is 12.0 Å². The van der Waals surface area contributed by atoms with Crippen LogP contribution in [0.15, 0.2) is 18.2 Å². The topological polar surface area (TPSA) is 101 Å². The summed E-state index contributed by atoms with van der Waals surface area (Å²) in [7, 11) is -3.67. The molecule has 1 fully saturated rings. The van der Waals surface area contributed by atoms with Gasteiger partial charge in [-0.15, -0.1) is 0 Å². The summed E-state index contributed by atoms with van der Waals surface area (Å²) >= 11 is 5.67. The molecular weight excluding hydrogens is 371 g/mol. The Balaban J connectivity index is 0.000000505. The van der Waals surface area contributed by atoms with Gasteiger partial charge in [-0.2, -0.15) is 21.6 Å². The van der Waals surface area contributed by atoms with E-state index in [0.29, 0.717) is 6.26 Å². The molecule has 0 aliphatic heterocycles. The maximum Gasteiger partial charge on any atom is 0.433 e. The predicted molar refractivity (Wildman–Crippen MR) is 83.8 cm³/mol. The number of hydrogen-bond acceptors (Lipinski definition) is 4. The zero-order valence-corrected chi connectivity index (χ0v) is 14.0. The van der Waals surface area contributed by atoms with Gasteiger partial charge in [0.1, 0.15) is 0 Å². The number of aliphatic hydroxyl groups is 1. The van der Waals surface area contributed by atoms with E-state index in [1.807, 2.05) is 5.92 Å². The molecule has 10 heteroatoms. The van der Waals surface area contributed by atoms with Crippen molar-refractivity contribution in [3.05, 3.63) is 28.8 Å². The fourth-order valence-electron chi connectivity index (χ4n) is 1.57. The van der Waals surface area contributed by atoms with Gasteiger partial charge in [0.05, 0.1) is 6.26 Å². The Morgan fingerprint density at radius 1 is 1.33 bits per heavy atom. The van der Waals surface area contributed by atoms with Crippen molar-refractivity contribution in [2.45, 2.75) is 24.6 Å². The second-order valence-electron chi connectivity index (χ2n) is 5.22. The average molecular weight is 386 g/mol. The van der Waals surface area contributed by atoms with Gasteiger partial charge in [-0.1, -0.05) is 23.4 Å². The van der Waals surface area contributed by atoms with Crippen molar-refractivity contribution >= 4 is 27.4 Å². The van der Waals surface area contributed by atoms with E-state index >= 15 is 0 Å². The maximum atomic E-state index is 13.1. The van der Waals surface area contributed by atoms with Gasteiger partial charge in [-0.3, -0.25) is 4.55 Å². The van der Waals surface area contributed by atoms with E-state index in [2.05, 4.69) is 5.92 Å². The van der Waals surface area contributed by atoms with E-state index in [0.717, 1.165) is 18.9 Å². The van der Waals surface area contributed by atoms with E-state index in [9.17, 15) is 26.7 Å². The molecule has 1 aromatic rings. The largest absolute Gasteiger partial charge is 0.433 e. The van der Waals surface area contributed by atoms with E-state index in [-0.39, 0.29) is 16.6 Å². The molecular formula is C14H15ClF3NO4S. The summed E-state index contributed by atoms with van der Waals surface area (Å²) in [6.07, 6.45) is -2.72. The second-order valence-corrected chi connectivity index (χ2v) is 7.12. The number of halogens is 4. The summed E-state index contributed by atoms with van der Waals surface area (Å²) < 4.78 is 65.2. The number of hydrogen-bond donors (Lipinski definition) is 3.